The van der Waals surface area contributed by atoms with Gasteiger partial charge in [0.25, 0.3) is 5.91 Å². The van der Waals surface area contributed by atoms with Gasteiger partial charge in [0.05, 0.1) is 6.42 Å². The molecule has 0 atom stereocenters. The monoisotopic (exact) mass is 361 g/mol. The van der Waals surface area contributed by atoms with Crippen LogP contribution in [0.3, 0.4) is 0 Å². The van der Waals surface area contributed by atoms with Crippen molar-refractivity contribution in [3.63, 3.8) is 0 Å². The van der Waals surface area contributed by atoms with Crippen LogP contribution in [0.2, 0.25) is 0 Å². The van der Waals surface area contributed by atoms with E-state index in [0.717, 1.165) is 25.1 Å². The minimum absolute atomic E-state index is 0.0245. The maximum Gasteiger partial charge on any atom is 0.389 e. The van der Waals surface area contributed by atoms with Gasteiger partial charge in [0.1, 0.15) is 11.4 Å². The highest BCUT2D eigenvalue weighted by molar-refractivity contribution is 6.08. The molecule has 0 unspecified atom stereocenters. The Labute approximate surface area is 146 Å². The number of amides is 2. The molecule has 5 nitrogen and oxygen atoms in total. The van der Waals surface area contributed by atoms with Crippen LogP contribution < -0.4 is 0 Å². The van der Waals surface area contributed by atoms with Crippen molar-refractivity contribution in [2.24, 2.45) is 4.99 Å². The SMILES string of the molecule is CCCCC1=NC2(CCN(C(=O)CCC(F)(F)F)CC2)C(=O)N1CC. The zero-order valence-electron chi connectivity index (χ0n) is 14.9. The van der Waals surface area contributed by atoms with Crippen LogP contribution >= 0.6 is 0 Å². The first-order chi connectivity index (χ1) is 11.7. The lowest BCUT2D eigenvalue weighted by Gasteiger charge is -2.36. The molecule has 1 spiro atoms. The van der Waals surface area contributed by atoms with Crippen molar-refractivity contribution in [3.05, 3.63) is 0 Å². The third kappa shape index (κ3) is 4.52. The van der Waals surface area contributed by atoms with Gasteiger partial charge in [-0.15, -0.1) is 0 Å². The summed E-state index contributed by atoms with van der Waals surface area (Å²) in [7, 11) is 0. The van der Waals surface area contributed by atoms with Crippen LogP contribution in [0, 0.1) is 0 Å². The summed E-state index contributed by atoms with van der Waals surface area (Å²) in [5.41, 5.74) is -0.820. The average molecular weight is 361 g/mol. The lowest BCUT2D eigenvalue weighted by atomic mass is 9.87. The highest BCUT2D eigenvalue weighted by atomic mass is 19.4. The quantitative estimate of drug-likeness (QED) is 0.730. The number of aliphatic imine (C=N–C) groups is 1. The van der Waals surface area contributed by atoms with Crippen LogP contribution in [0.15, 0.2) is 4.99 Å². The van der Waals surface area contributed by atoms with E-state index in [4.69, 9.17) is 4.99 Å². The van der Waals surface area contributed by atoms with E-state index in [0.29, 0.717) is 19.4 Å². The average Bonchev–Trinajstić information content (AvgIpc) is 2.82. The van der Waals surface area contributed by atoms with Crippen molar-refractivity contribution in [1.29, 1.82) is 0 Å². The van der Waals surface area contributed by atoms with E-state index in [2.05, 4.69) is 6.92 Å². The van der Waals surface area contributed by atoms with Crippen molar-refractivity contribution in [3.8, 4) is 0 Å². The van der Waals surface area contributed by atoms with Gasteiger partial charge in [0.2, 0.25) is 5.91 Å². The van der Waals surface area contributed by atoms with Gasteiger partial charge >= 0.3 is 6.18 Å². The number of alkyl halides is 3. The molecule has 25 heavy (non-hydrogen) atoms. The lowest BCUT2D eigenvalue weighted by Crippen LogP contribution is -2.51. The van der Waals surface area contributed by atoms with Crippen LogP contribution in [0.5, 0.6) is 0 Å². The van der Waals surface area contributed by atoms with E-state index in [1.165, 1.54) is 4.90 Å². The normalized spacial score (nSPS) is 20.4. The molecule has 0 saturated carbocycles. The van der Waals surface area contributed by atoms with Crippen LogP contribution in [-0.4, -0.2) is 58.8 Å². The third-order valence-electron chi connectivity index (χ3n) is 4.93. The number of carbonyl (C=O) groups is 2. The molecule has 0 N–H and O–H groups in total. The molecular weight excluding hydrogens is 335 g/mol. The highest BCUT2D eigenvalue weighted by Crippen LogP contribution is 2.35. The van der Waals surface area contributed by atoms with Crippen LogP contribution in [0.4, 0.5) is 13.2 Å². The molecule has 142 valence electrons. The van der Waals surface area contributed by atoms with Gasteiger partial charge in [-0.3, -0.25) is 19.5 Å². The second-order valence-electron chi connectivity index (χ2n) is 6.71. The fourth-order valence-corrected chi connectivity index (χ4v) is 3.43. The Morgan fingerprint density at radius 1 is 1.24 bits per heavy atom. The van der Waals surface area contributed by atoms with Gasteiger partial charge in [-0.1, -0.05) is 13.3 Å². The summed E-state index contributed by atoms with van der Waals surface area (Å²) in [5, 5.41) is 0. The first-order valence-corrected chi connectivity index (χ1v) is 8.97. The van der Waals surface area contributed by atoms with E-state index in [1.807, 2.05) is 6.92 Å². The Balaban J connectivity index is 1.98. The first-order valence-electron chi connectivity index (χ1n) is 8.97. The predicted molar refractivity (Wildman–Crippen MR) is 88.2 cm³/mol. The number of hydrogen-bond donors (Lipinski definition) is 0. The van der Waals surface area contributed by atoms with Crippen molar-refractivity contribution in [2.45, 2.75) is 70.5 Å². The molecule has 8 heteroatoms. The van der Waals surface area contributed by atoms with Crippen LogP contribution in [-0.2, 0) is 9.59 Å². The number of piperidine rings is 1. The topological polar surface area (TPSA) is 53.0 Å². The van der Waals surface area contributed by atoms with Crippen molar-refractivity contribution < 1.29 is 22.8 Å². The van der Waals surface area contributed by atoms with Gasteiger partial charge in [0, 0.05) is 32.5 Å². The van der Waals surface area contributed by atoms with Gasteiger partial charge in [-0.25, -0.2) is 0 Å². The number of amidine groups is 1. The minimum Gasteiger partial charge on any atom is -0.342 e. The Morgan fingerprint density at radius 3 is 2.40 bits per heavy atom. The van der Waals surface area contributed by atoms with E-state index < -0.39 is 30.5 Å². The smallest absolute Gasteiger partial charge is 0.342 e. The van der Waals surface area contributed by atoms with Crippen LogP contribution in [0.25, 0.3) is 0 Å². The Bertz CT molecular complexity index is 538. The predicted octanol–water partition coefficient (Wildman–Crippen LogP) is 3.14. The molecule has 0 aromatic rings. The highest BCUT2D eigenvalue weighted by Gasteiger charge is 2.49. The van der Waals surface area contributed by atoms with Gasteiger partial charge in [-0.05, 0) is 26.2 Å². The minimum atomic E-state index is -4.33. The molecule has 0 aromatic carbocycles. The maximum atomic E-state index is 12.8. The Kier molecular flexibility index (Phi) is 6.11. The molecule has 1 saturated heterocycles. The number of unbranched alkanes of at least 4 members (excludes halogenated alkanes) is 1. The van der Waals surface area contributed by atoms with E-state index in [-0.39, 0.29) is 19.0 Å². The number of likely N-dealkylation sites (tertiary alicyclic amines) is 1. The van der Waals surface area contributed by atoms with E-state index >= 15 is 0 Å². The molecule has 0 aliphatic carbocycles. The number of hydrogen-bond acceptors (Lipinski definition) is 3. The third-order valence-corrected chi connectivity index (χ3v) is 4.93. The summed E-state index contributed by atoms with van der Waals surface area (Å²) in [5.74, 6) is 0.287. The molecular formula is C17H26F3N3O2. The largest absolute Gasteiger partial charge is 0.389 e. The number of rotatable bonds is 6. The molecule has 2 aliphatic rings. The molecule has 0 radical (unpaired) electrons. The van der Waals surface area contributed by atoms with Gasteiger partial charge < -0.3 is 4.90 Å². The van der Waals surface area contributed by atoms with Crippen molar-refractivity contribution >= 4 is 17.6 Å². The summed E-state index contributed by atoms with van der Waals surface area (Å²) < 4.78 is 36.8. The second kappa shape index (κ2) is 7.74. The standard InChI is InChI=1S/C17H26F3N3O2/c1-3-5-6-13-21-16(15(25)23(13)4-2)9-11-22(12-10-16)14(24)7-8-17(18,19)20/h3-12H2,1-2H3. The summed E-state index contributed by atoms with van der Waals surface area (Å²) in [4.78, 5) is 32.6. The summed E-state index contributed by atoms with van der Waals surface area (Å²) in [6.07, 6.45) is -2.46. The zero-order chi connectivity index (χ0) is 18.7. The number of likely N-dealkylation sites (N-methyl/N-ethyl adjacent to an activating group) is 1. The van der Waals surface area contributed by atoms with E-state index in [9.17, 15) is 22.8 Å². The maximum absolute atomic E-state index is 12.8. The van der Waals surface area contributed by atoms with Gasteiger partial charge in [0.15, 0.2) is 0 Å². The number of carbonyl (C=O) groups excluding carboxylic acids is 2. The summed E-state index contributed by atoms with van der Waals surface area (Å²) in [6.45, 7) is 5.12. The van der Waals surface area contributed by atoms with Crippen molar-refractivity contribution in [1.82, 2.24) is 9.80 Å². The Hall–Kier alpha value is -1.60. The fourth-order valence-electron chi connectivity index (χ4n) is 3.43. The zero-order valence-corrected chi connectivity index (χ0v) is 14.9. The summed E-state index contributed by atoms with van der Waals surface area (Å²) in [6, 6.07) is 0. The van der Waals surface area contributed by atoms with Crippen molar-refractivity contribution in [2.75, 3.05) is 19.6 Å². The molecule has 2 heterocycles. The molecule has 1 fully saturated rings. The lowest BCUT2D eigenvalue weighted by molar-refractivity contribution is -0.150. The van der Waals surface area contributed by atoms with Gasteiger partial charge in [-0.2, -0.15) is 13.2 Å². The number of nitrogens with zero attached hydrogens (tertiary/aromatic N) is 3. The second-order valence-corrected chi connectivity index (χ2v) is 6.71. The first kappa shape index (κ1) is 19.7. The Morgan fingerprint density at radius 2 is 1.88 bits per heavy atom. The fraction of sp³-hybridized carbons (Fsp3) is 0.824. The summed E-state index contributed by atoms with van der Waals surface area (Å²) >= 11 is 0. The molecule has 2 rings (SSSR count). The van der Waals surface area contributed by atoms with E-state index in [1.54, 1.807) is 4.90 Å². The molecule has 0 aromatic heterocycles. The molecule has 2 aliphatic heterocycles. The molecule has 0 bridgehead atoms. The van der Waals surface area contributed by atoms with Crippen LogP contribution in [0.1, 0.15) is 58.8 Å². The number of halogens is 3. The molecule has 2 amide bonds.